The van der Waals surface area contributed by atoms with Gasteiger partial charge in [0.25, 0.3) is 0 Å². The summed E-state index contributed by atoms with van der Waals surface area (Å²) in [5.74, 6) is 8.15. The molecule has 0 saturated heterocycles. The van der Waals surface area contributed by atoms with Crippen molar-refractivity contribution >= 4 is 23.1 Å². The third-order valence-corrected chi connectivity index (χ3v) is 5.74. The van der Waals surface area contributed by atoms with Gasteiger partial charge in [0.1, 0.15) is 0 Å². The summed E-state index contributed by atoms with van der Waals surface area (Å²) < 4.78 is 0. The van der Waals surface area contributed by atoms with Gasteiger partial charge in [-0.05, 0) is 47.9 Å². The third-order valence-electron chi connectivity index (χ3n) is 3.38. The molecule has 1 aliphatic heterocycles. The second kappa shape index (κ2) is 6.05. The monoisotopic (exact) mass is 291 g/mol. The number of hydrazine groups is 1. The van der Waals surface area contributed by atoms with Crippen LogP contribution in [0.3, 0.4) is 0 Å². The van der Waals surface area contributed by atoms with Crippen molar-refractivity contribution in [3.05, 3.63) is 51.5 Å². The Kier molecular flexibility index (Phi) is 4.18. The third kappa shape index (κ3) is 3.00. The molecule has 0 spiro atoms. The van der Waals surface area contributed by atoms with Crippen LogP contribution in [0.5, 0.6) is 0 Å². The smallest absolute Gasteiger partial charge is 0.0593 e. The summed E-state index contributed by atoms with van der Waals surface area (Å²) in [5.41, 5.74) is 5.73. The summed E-state index contributed by atoms with van der Waals surface area (Å²) >= 11 is 3.94. The molecule has 3 rings (SSSR count). The Balaban J connectivity index is 1.80. The number of aromatic nitrogens is 1. The van der Waals surface area contributed by atoms with E-state index in [4.69, 9.17) is 5.84 Å². The molecular weight excluding hydrogens is 274 g/mol. The fourth-order valence-corrected chi connectivity index (χ4v) is 4.77. The highest BCUT2D eigenvalue weighted by Gasteiger charge is 2.18. The number of thioether (sulfide) groups is 1. The number of pyridine rings is 1. The summed E-state index contributed by atoms with van der Waals surface area (Å²) in [4.78, 5) is 6.95. The van der Waals surface area contributed by atoms with Gasteiger partial charge in [-0.15, -0.1) is 11.3 Å². The molecule has 2 aromatic rings. The Bertz CT molecular complexity index is 515. The first-order valence-corrected chi connectivity index (χ1v) is 8.38. The number of hydrogen-bond donors (Lipinski definition) is 2. The highest BCUT2D eigenvalue weighted by atomic mass is 32.2. The summed E-state index contributed by atoms with van der Waals surface area (Å²) in [6, 6.07) is 6.63. The van der Waals surface area contributed by atoms with Gasteiger partial charge in [-0.3, -0.25) is 16.3 Å². The van der Waals surface area contributed by atoms with Gasteiger partial charge in [-0.25, -0.2) is 0 Å². The van der Waals surface area contributed by atoms with E-state index >= 15 is 0 Å². The maximum Gasteiger partial charge on any atom is 0.0593 e. The molecule has 19 heavy (non-hydrogen) atoms. The van der Waals surface area contributed by atoms with E-state index < -0.39 is 0 Å². The van der Waals surface area contributed by atoms with Crippen molar-refractivity contribution in [2.24, 2.45) is 5.84 Å². The molecule has 1 unspecified atom stereocenters. The van der Waals surface area contributed by atoms with Crippen LogP contribution in [0.2, 0.25) is 0 Å². The Morgan fingerprint density at radius 1 is 1.37 bits per heavy atom. The van der Waals surface area contributed by atoms with Gasteiger partial charge < -0.3 is 0 Å². The molecule has 3 heterocycles. The SMILES string of the molecule is NNC(Cc1ccncc1)c1cc2c(s1)CCSC2. The van der Waals surface area contributed by atoms with E-state index in [1.165, 1.54) is 28.2 Å². The molecule has 0 aliphatic carbocycles. The van der Waals surface area contributed by atoms with E-state index in [9.17, 15) is 0 Å². The fourth-order valence-electron chi connectivity index (χ4n) is 2.34. The lowest BCUT2D eigenvalue weighted by molar-refractivity contribution is 0.560. The van der Waals surface area contributed by atoms with Crippen molar-refractivity contribution in [2.45, 2.75) is 24.6 Å². The van der Waals surface area contributed by atoms with E-state index in [-0.39, 0.29) is 6.04 Å². The van der Waals surface area contributed by atoms with Crippen molar-refractivity contribution in [1.82, 2.24) is 10.4 Å². The van der Waals surface area contributed by atoms with Crippen LogP contribution >= 0.6 is 23.1 Å². The lowest BCUT2D eigenvalue weighted by Gasteiger charge is -2.14. The first-order chi connectivity index (χ1) is 9.36. The molecule has 0 radical (unpaired) electrons. The summed E-state index contributed by atoms with van der Waals surface area (Å²) in [6.45, 7) is 0. The van der Waals surface area contributed by atoms with Crippen molar-refractivity contribution < 1.29 is 0 Å². The molecular formula is C14H17N3S2. The quantitative estimate of drug-likeness (QED) is 0.672. The standard InChI is InChI=1S/C14H17N3S2/c15-17-12(7-10-1-4-16-5-2-10)14-8-11-9-18-6-3-13(11)19-14/h1-2,4-5,8,12,17H,3,6-7,9,15H2. The minimum atomic E-state index is 0.197. The highest BCUT2D eigenvalue weighted by molar-refractivity contribution is 7.98. The first kappa shape index (κ1) is 13.1. The Hall–Kier alpha value is -0.880. The molecule has 1 atom stereocenters. The summed E-state index contributed by atoms with van der Waals surface area (Å²) in [6.07, 6.45) is 5.78. The Morgan fingerprint density at radius 3 is 2.95 bits per heavy atom. The highest BCUT2D eigenvalue weighted by Crippen LogP contribution is 2.35. The number of rotatable bonds is 4. The van der Waals surface area contributed by atoms with Gasteiger partial charge in [-0.2, -0.15) is 11.8 Å². The van der Waals surface area contributed by atoms with Gasteiger partial charge in [0.15, 0.2) is 0 Å². The number of nitrogens with one attached hydrogen (secondary N) is 1. The first-order valence-electron chi connectivity index (χ1n) is 6.41. The predicted molar refractivity (Wildman–Crippen MR) is 82.2 cm³/mol. The van der Waals surface area contributed by atoms with Crippen LogP contribution in [-0.2, 0) is 18.6 Å². The zero-order valence-corrected chi connectivity index (χ0v) is 12.3. The minimum Gasteiger partial charge on any atom is -0.271 e. The molecule has 0 saturated carbocycles. The second-order valence-electron chi connectivity index (χ2n) is 4.68. The van der Waals surface area contributed by atoms with E-state index in [0.29, 0.717) is 0 Å². The zero-order chi connectivity index (χ0) is 13.1. The molecule has 3 nitrogen and oxygen atoms in total. The van der Waals surface area contributed by atoms with Crippen molar-refractivity contribution in [2.75, 3.05) is 5.75 Å². The number of nitrogens with two attached hydrogens (primary N) is 1. The number of thiophene rings is 1. The molecule has 2 aromatic heterocycles. The van der Waals surface area contributed by atoms with Crippen LogP contribution in [-0.4, -0.2) is 10.7 Å². The average Bonchev–Trinajstić information content (AvgIpc) is 2.89. The van der Waals surface area contributed by atoms with Crippen molar-refractivity contribution in [3.63, 3.8) is 0 Å². The maximum absolute atomic E-state index is 5.75. The van der Waals surface area contributed by atoms with Crippen LogP contribution in [0.25, 0.3) is 0 Å². The lowest BCUT2D eigenvalue weighted by Crippen LogP contribution is -2.28. The van der Waals surface area contributed by atoms with E-state index in [2.05, 4.69) is 16.5 Å². The number of fused-ring (bicyclic) bond motifs is 1. The van der Waals surface area contributed by atoms with Crippen molar-refractivity contribution in [1.29, 1.82) is 0 Å². The molecule has 0 fully saturated rings. The van der Waals surface area contributed by atoms with Crippen LogP contribution < -0.4 is 11.3 Å². The van der Waals surface area contributed by atoms with E-state index in [1.54, 1.807) is 4.88 Å². The number of nitrogens with zero attached hydrogens (tertiary/aromatic N) is 1. The van der Waals surface area contributed by atoms with Crippen LogP contribution in [0.4, 0.5) is 0 Å². The van der Waals surface area contributed by atoms with Gasteiger partial charge in [0.05, 0.1) is 6.04 Å². The van der Waals surface area contributed by atoms with Gasteiger partial charge >= 0.3 is 0 Å². The second-order valence-corrected chi connectivity index (χ2v) is 6.95. The van der Waals surface area contributed by atoms with Crippen molar-refractivity contribution in [3.8, 4) is 0 Å². The summed E-state index contributed by atoms with van der Waals surface area (Å²) in [5, 5.41) is 0. The molecule has 100 valence electrons. The van der Waals surface area contributed by atoms with Crippen LogP contribution in [0, 0.1) is 0 Å². The molecule has 0 amide bonds. The fraction of sp³-hybridized carbons (Fsp3) is 0.357. The van der Waals surface area contributed by atoms with Gasteiger partial charge in [-0.1, -0.05) is 0 Å². The van der Waals surface area contributed by atoms with Gasteiger partial charge in [0.2, 0.25) is 0 Å². The molecule has 3 N–H and O–H groups in total. The molecule has 5 heteroatoms. The Labute approximate surface area is 121 Å². The van der Waals surface area contributed by atoms with Gasteiger partial charge in [0, 0.05) is 27.9 Å². The minimum absolute atomic E-state index is 0.197. The number of aryl methyl sites for hydroxylation is 1. The molecule has 1 aliphatic rings. The van der Waals surface area contributed by atoms with Crippen LogP contribution in [0.1, 0.15) is 26.9 Å². The number of hydrogen-bond acceptors (Lipinski definition) is 5. The largest absolute Gasteiger partial charge is 0.271 e. The predicted octanol–water partition coefficient (Wildman–Crippen LogP) is 2.68. The average molecular weight is 291 g/mol. The topological polar surface area (TPSA) is 50.9 Å². The lowest BCUT2D eigenvalue weighted by atomic mass is 10.1. The molecule has 0 bridgehead atoms. The van der Waals surface area contributed by atoms with E-state index in [1.807, 2.05) is 47.6 Å². The Morgan fingerprint density at radius 2 is 2.21 bits per heavy atom. The van der Waals surface area contributed by atoms with E-state index in [0.717, 1.165) is 12.2 Å². The van der Waals surface area contributed by atoms with Crippen LogP contribution in [0.15, 0.2) is 30.6 Å². The normalized spacial score (nSPS) is 16.1. The maximum atomic E-state index is 5.75. The molecule has 0 aromatic carbocycles. The summed E-state index contributed by atoms with van der Waals surface area (Å²) in [7, 11) is 0. The zero-order valence-electron chi connectivity index (χ0n) is 10.6.